The molecule has 2 aliphatic rings. The van der Waals surface area contributed by atoms with Gasteiger partial charge in [-0.3, -0.25) is 4.79 Å². The van der Waals surface area contributed by atoms with Gasteiger partial charge in [-0.2, -0.15) is 0 Å². The van der Waals surface area contributed by atoms with Crippen molar-refractivity contribution < 1.29 is 14.3 Å². The van der Waals surface area contributed by atoms with Crippen LogP contribution in [-0.4, -0.2) is 20.2 Å². The summed E-state index contributed by atoms with van der Waals surface area (Å²) in [6.45, 7) is 0.618. The van der Waals surface area contributed by atoms with Crippen molar-refractivity contribution in [2.24, 2.45) is 7.05 Å². The summed E-state index contributed by atoms with van der Waals surface area (Å²) >= 11 is 8.86. The van der Waals surface area contributed by atoms with E-state index in [0.29, 0.717) is 16.9 Å². The first kappa shape index (κ1) is 15.1. The van der Waals surface area contributed by atoms with Crippen LogP contribution in [0.5, 0.6) is 0 Å². The number of hydrogen-bond acceptors (Lipinski definition) is 2. The van der Waals surface area contributed by atoms with Crippen LogP contribution in [-0.2, 0) is 30.2 Å². The van der Waals surface area contributed by atoms with E-state index < -0.39 is 5.97 Å². The molecule has 1 fully saturated rings. The minimum Gasteiger partial charge on any atom is -0.481 e. The highest BCUT2D eigenvalue weighted by molar-refractivity contribution is 9.10. The molecule has 120 valence electrons. The number of carboxylic acid groups (broad SMARTS) is 1. The Morgan fingerprint density at radius 2 is 2.30 bits per heavy atom. The van der Waals surface area contributed by atoms with Gasteiger partial charge in [0.1, 0.15) is 5.82 Å². The monoisotopic (exact) mass is 396 g/mol. The number of imidazole rings is 1. The molecule has 2 atom stereocenters. The quantitative estimate of drug-likeness (QED) is 0.807. The Labute approximate surface area is 145 Å². The minimum absolute atomic E-state index is 0.0595. The van der Waals surface area contributed by atoms with E-state index in [4.69, 9.17) is 12.2 Å². The van der Waals surface area contributed by atoms with Crippen molar-refractivity contribution >= 4 is 34.1 Å². The third-order valence-electron chi connectivity index (χ3n) is 5.14. The smallest absolute Gasteiger partial charge is 0.309 e. The summed E-state index contributed by atoms with van der Waals surface area (Å²) in [5.41, 5.74) is 2.12. The maximum atomic E-state index is 14.4. The fraction of sp³-hybridized carbons (Fsp3) is 0.375. The lowest BCUT2D eigenvalue weighted by atomic mass is 9.93. The Balaban J connectivity index is 1.84. The molecule has 0 bridgehead atoms. The predicted octanol–water partition coefficient (Wildman–Crippen LogP) is 3.52. The largest absolute Gasteiger partial charge is 0.481 e. The van der Waals surface area contributed by atoms with Gasteiger partial charge < -0.3 is 14.2 Å². The zero-order chi connectivity index (χ0) is 16.5. The average molecular weight is 397 g/mol. The van der Waals surface area contributed by atoms with E-state index >= 15 is 0 Å². The lowest BCUT2D eigenvalue weighted by Gasteiger charge is -2.15. The molecule has 2 aromatic rings. The first-order valence-electron chi connectivity index (χ1n) is 7.31. The van der Waals surface area contributed by atoms with E-state index in [9.17, 15) is 14.3 Å². The average Bonchev–Trinajstić information content (AvgIpc) is 3.05. The summed E-state index contributed by atoms with van der Waals surface area (Å²) < 4.78 is 19.6. The van der Waals surface area contributed by atoms with Crippen LogP contribution in [0.3, 0.4) is 0 Å². The van der Waals surface area contributed by atoms with E-state index in [1.54, 1.807) is 17.7 Å². The lowest BCUT2D eigenvalue weighted by molar-refractivity contribution is -0.136. The van der Waals surface area contributed by atoms with Crippen molar-refractivity contribution in [2.45, 2.75) is 30.7 Å². The zero-order valence-electron chi connectivity index (χ0n) is 12.3. The normalized spacial score (nSPS) is 24.4. The highest BCUT2D eigenvalue weighted by Gasteiger charge is 2.63. The molecule has 1 N–H and O–H groups in total. The molecule has 0 unspecified atom stereocenters. The SMILES string of the molecule is Cn1c(CC(=O)O)c2n(c1=S)C[C@@]1(c3cc(Br)ccc3F)C[C@@H]21. The Bertz CT molecular complexity index is 920. The number of rotatable bonds is 3. The molecule has 1 aromatic heterocycles. The second-order valence-electron chi connectivity index (χ2n) is 6.37. The number of halogens is 2. The zero-order valence-corrected chi connectivity index (χ0v) is 14.7. The van der Waals surface area contributed by atoms with Gasteiger partial charge >= 0.3 is 5.97 Å². The number of hydrogen-bond donors (Lipinski definition) is 1. The van der Waals surface area contributed by atoms with Crippen molar-refractivity contribution in [1.29, 1.82) is 0 Å². The van der Waals surface area contributed by atoms with Gasteiger partial charge in [0.15, 0.2) is 4.77 Å². The van der Waals surface area contributed by atoms with Gasteiger partial charge in [-0.25, -0.2) is 4.39 Å². The molecular formula is C16H14BrFN2O2S. The molecule has 23 heavy (non-hydrogen) atoms. The Kier molecular flexibility index (Phi) is 3.13. The number of benzene rings is 1. The number of aromatic nitrogens is 2. The summed E-state index contributed by atoms with van der Waals surface area (Å²) in [6.07, 6.45) is 0.780. The van der Waals surface area contributed by atoms with Gasteiger partial charge in [0.2, 0.25) is 0 Å². The summed E-state index contributed by atoms with van der Waals surface area (Å²) in [5, 5.41) is 9.17. The minimum atomic E-state index is -0.879. The number of nitrogens with zero attached hydrogens (tertiary/aromatic N) is 2. The highest BCUT2D eigenvalue weighted by Crippen LogP contribution is 2.66. The Hall–Kier alpha value is -1.47. The molecule has 1 aliphatic carbocycles. The van der Waals surface area contributed by atoms with Crippen LogP contribution in [0.1, 0.15) is 29.3 Å². The van der Waals surface area contributed by atoms with Crippen LogP contribution in [0.25, 0.3) is 0 Å². The molecule has 0 radical (unpaired) electrons. The van der Waals surface area contributed by atoms with Gasteiger partial charge in [0, 0.05) is 35.1 Å². The van der Waals surface area contributed by atoms with Crippen LogP contribution in [0.4, 0.5) is 4.39 Å². The van der Waals surface area contributed by atoms with E-state index in [1.165, 1.54) is 6.07 Å². The molecule has 0 spiro atoms. The summed E-state index contributed by atoms with van der Waals surface area (Å²) in [7, 11) is 1.80. The molecule has 0 amide bonds. The number of fused-ring (bicyclic) bond motifs is 3. The van der Waals surface area contributed by atoms with Crippen molar-refractivity contribution in [3.8, 4) is 0 Å². The van der Waals surface area contributed by atoms with Gasteiger partial charge in [-0.15, -0.1) is 0 Å². The fourth-order valence-electron chi connectivity index (χ4n) is 4.00. The van der Waals surface area contributed by atoms with Crippen molar-refractivity contribution in [1.82, 2.24) is 9.13 Å². The number of carbonyl (C=O) groups is 1. The van der Waals surface area contributed by atoms with Gasteiger partial charge in [0.05, 0.1) is 12.1 Å². The van der Waals surface area contributed by atoms with Crippen LogP contribution >= 0.6 is 28.1 Å². The topological polar surface area (TPSA) is 47.2 Å². The third-order valence-corrected chi connectivity index (χ3v) is 6.13. The van der Waals surface area contributed by atoms with Crippen molar-refractivity contribution in [3.63, 3.8) is 0 Å². The first-order valence-corrected chi connectivity index (χ1v) is 8.51. The van der Waals surface area contributed by atoms with Crippen LogP contribution in [0.2, 0.25) is 0 Å². The molecule has 4 nitrogen and oxygen atoms in total. The molecule has 4 rings (SSSR count). The maximum Gasteiger partial charge on any atom is 0.309 e. The van der Waals surface area contributed by atoms with Gasteiger partial charge in [-0.05, 0) is 42.4 Å². The van der Waals surface area contributed by atoms with Crippen molar-refractivity contribution in [3.05, 3.63) is 50.2 Å². The predicted molar refractivity (Wildman–Crippen MR) is 88.7 cm³/mol. The summed E-state index contributed by atoms with van der Waals surface area (Å²) in [5.74, 6) is -0.948. The third kappa shape index (κ3) is 1.99. The Morgan fingerprint density at radius 1 is 1.57 bits per heavy atom. The highest BCUT2D eigenvalue weighted by atomic mass is 79.9. The summed E-state index contributed by atoms with van der Waals surface area (Å²) in [6, 6.07) is 5.00. The van der Waals surface area contributed by atoms with Gasteiger partial charge in [-0.1, -0.05) is 15.9 Å². The second kappa shape index (κ2) is 4.77. The maximum absolute atomic E-state index is 14.4. The van der Waals surface area contributed by atoms with Crippen LogP contribution in [0.15, 0.2) is 22.7 Å². The molecule has 1 aromatic carbocycles. The summed E-state index contributed by atoms with van der Waals surface area (Å²) in [4.78, 5) is 11.2. The molecule has 1 saturated carbocycles. The van der Waals surface area contributed by atoms with E-state index in [0.717, 1.165) is 22.3 Å². The molecule has 1 aliphatic heterocycles. The molecular weight excluding hydrogens is 383 g/mol. The van der Waals surface area contributed by atoms with Gasteiger partial charge in [0.25, 0.3) is 0 Å². The Morgan fingerprint density at radius 3 is 3.00 bits per heavy atom. The lowest BCUT2D eigenvalue weighted by Crippen LogP contribution is -2.15. The molecule has 7 heteroatoms. The van der Waals surface area contributed by atoms with Crippen molar-refractivity contribution in [2.75, 3.05) is 0 Å². The first-order chi connectivity index (χ1) is 10.8. The standard InChI is InChI=1S/C16H14BrFN2O2S/c1-19-12(5-13(21)22)14-10-6-16(10,7-20(14)15(19)23)9-4-8(17)2-3-11(9)18/h2-4,10H,5-7H2,1H3,(H,21,22)/t10-,16+/m0/s1. The number of carboxylic acids is 1. The van der Waals surface area contributed by atoms with E-state index in [2.05, 4.69) is 15.9 Å². The van der Waals surface area contributed by atoms with Crippen LogP contribution < -0.4 is 0 Å². The molecule has 0 saturated heterocycles. The molecule has 2 heterocycles. The fourth-order valence-corrected chi connectivity index (χ4v) is 4.64. The van der Waals surface area contributed by atoms with Crippen LogP contribution in [0, 0.1) is 10.6 Å². The van der Waals surface area contributed by atoms with E-state index in [1.807, 2.05) is 10.6 Å². The second-order valence-corrected chi connectivity index (χ2v) is 7.65. The van der Waals surface area contributed by atoms with E-state index in [-0.39, 0.29) is 23.6 Å². The number of aliphatic carboxylic acids is 1.